The first-order valence-corrected chi connectivity index (χ1v) is 6.63. The van der Waals surface area contributed by atoms with E-state index in [1.165, 1.54) is 25.8 Å². The van der Waals surface area contributed by atoms with Crippen LogP contribution in [0.5, 0.6) is 0 Å². The van der Waals surface area contributed by atoms with Gasteiger partial charge in [-0.1, -0.05) is 18.5 Å². The maximum atomic E-state index is 5.35. The molecule has 0 unspecified atom stereocenters. The lowest BCUT2D eigenvalue weighted by Crippen LogP contribution is -2.31. The number of nitrogens with one attached hydrogen (secondary N) is 1. The van der Waals surface area contributed by atoms with Crippen LogP contribution in [0.2, 0.25) is 0 Å². The Morgan fingerprint density at radius 1 is 1.53 bits per heavy atom. The SMILES string of the molecule is CCN(Cc1cc(CNC)no1)CC1CCC1. The van der Waals surface area contributed by atoms with Crippen molar-refractivity contribution in [2.45, 2.75) is 39.3 Å². The number of nitrogens with zero attached hydrogens (tertiary/aromatic N) is 2. The molecule has 0 amide bonds. The highest BCUT2D eigenvalue weighted by Crippen LogP contribution is 2.27. The molecule has 17 heavy (non-hydrogen) atoms. The van der Waals surface area contributed by atoms with Crippen molar-refractivity contribution in [3.05, 3.63) is 17.5 Å². The van der Waals surface area contributed by atoms with Crippen molar-refractivity contribution >= 4 is 0 Å². The minimum atomic E-state index is 0.776. The average molecular weight is 237 g/mol. The van der Waals surface area contributed by atoms with Gasteiger partial charge in [0.2, 0.25) is 0 Å². The van der Waals surface area contributed by atoms with E-state index in [4.69, 9.17) is 4.52 Å². The molecule has 1 aliphatic rings. The number of aromatic nitrogens is 1. The van der Waals surface area contributed by atoms with Crippen LogP contribution >= 0.6 is 0 Å². The van der Waals surface area contributed by atoms with Gasteiger partial charge in [-0.05, 0) is 32.4 Å². The summed E-state index contributed by atoms with van der Waals surface area (Å²) >= 11 is 0. The third-order valence-corrected chi connectivity index (χ3v) is 3.53. The molecule has 0 aliphatic heterocycles. The molecule has 0 saturated heterocycles. The smallest absolute Gasteiger partial charge is 0.151 e. The molecule has 1 saturated carbocycles. The van der Waals surface area contributed by atoms with Gasteiger partial charge in [-0.25, -0.2) is 0 Å². The van der Waals surface area contributed by atoms with E-state index in [1.54, 1.807) is 0 Å². The molecule has 0 aromatic carbocycles. The summed E-state index contributed by atoms with van der Waals surface area (Å²) in [6.07, 6.45) is 4.21. The van der Waals surface area contributed by atoms with E-state index in [1.807, 2.05) is 7.05 Å². The maximum Gasteiger partial charge on any atom is 0.151 e. The van der Waals surface area contributed by atoms with E-state index in [0.29, 0.717) is 0 Å². The lowest BCUT2D eigenvalue weighted by atomic mass is 9.85. The topological polar surface area (TPSA) is 41.3 Å². The van der Waals surface area contributed by atoms with Gasteiger partial charge in [-0.15, -0.1) is 0 Å². The molecular formula is C13H23N3O. The van der Waals surface area contributed by atoms with Crippen molar-refractivity contribution < 1.29 is 4.52 Å². The predicted octanol–water partition coefficient (Wildman–Crippen LogP) is 2.02. The van der Waals surface area contributed by atoms with Crippen molar-refractivity contribution in [3.63, 3.8) is 0 Å². The zero-order valence-electron chi connectivity index (χ0n) is 10.9. The first-order chi connectivity index (χ1) is 8.31. The Morgan fingerprint density at radius 3 is 2.94 bits per heavy atom. The summed E-state index contributed by atoms with van der Waals surface area (Å²) in [5, 5.41) is 7.12. The molecule has 0 atom stereocenters. The van der Waals surface area contributed by atoms with Gasteiger partial charge in [-0.3, -0.25) is 4.90 Å². The Labute approximate surface area is 103 Å². The average Bonchev–Trinajstić information content (AvgIpc) is 2.70. The summed E-state index contributed by atoms with van der Waals surface area (Å²) in [6, 6.07) is 2.06. The van der Waals surface area contributed by atoms with Crippen LogP contribution in [0, 0.1) is 5.92 Å². The minimum Gasteiger partial charge on any atom is -0.360 e. The quantitative estimate of drug-likeness (QED) is 0.787. The molecule has 0 bridgehead atoms. The summed E-state index contributed by atoms with van der Waals surface area (Å²) in [7, 11) is 1.92. The van der Waals surface area contributed by atoms with Gasteiger partial charge in [0.15, 0.2) is 5.76 Å². The van der Waals surface area contributed by atoms with Crippen molar-refractivity contribution in [2.24, 2.45) is 5.92 Å². The fourth-order valence-electron chi connectivity index (χ4n) is 2.26. The zero-order valence-corrected chi connectivity index (χ0v) is 10.9. The van der Waals surface area contributed by atoms with E-state index < -0.39 is 0 Å². The molecule has 4 nitrogen and oxygen atoms in total. The van der Waals surface area contributed by atoms with Gasteiger partial charge in [-0.2, -0.15) is 0 Å². The Morgan fingerprint density at radius 2 is 2.35 bits per heavy atom. The van der Waals surface area contributed by atoms with E-state index in [2.05, 4.69) is 28.4 Å². The van der Waals surface area contributed by atoms with Gasteiger partial charge in [0.25, 0.3) is 0 Å². The summed E-state index contributed by atoms with van der Waals surface area (Å²) in [6.45, 7) is 6.17. The normalized spacial score (nSPS) is 16.4. The summed E-state index contributed by atoms with van der Waals surface area (Å²) in [5.74, 6) is 1.89. The van der Waals surface area contributed by atoms with Crippen molar-refractivity contribution in [3.8, 4) is 0 Å². The van der Waals surface area contributed by atoms with Crippen LogP contribution < -0.4 is 5.32 Å². The van der Waals surface area contributed by atoms with Crippen molar-refractivity contribution in [2.75, 3.05) is 20.1 Å². The Hall–Kier alpha value is -0.870. The van der Waals surface area contributed by atoms with E-state index in [0.717, 1.165) is 37.0 Å². The highest BCUT2D eigenvalue weighted by atomic mass is 16.5. The third kappa shape index (κ3) is 3.54. The maximum absolute atomic E-state index is 5.35. The standard InChI is InChI=1S/C13H23N3O/c1-3-16(9-11-5-4-6-11)10-13-7-12(8-14-2)15-17-13/h7,11,14H,3-6,8-10H2,1-2H3. The second kappa shape index (κ2) is 6.17. The Kier molecular flexibility index (Phi) is 4.57. The fraction of sp³-hybridized carbons (Fsp3) is 0.769. The summed E-state index contributed by atoms with van der Waals surface area (Å²) in [4.78, 5) is 2.45. The first kappa shape index (κ1) is 12.6. The predicted molar refractivity (Wildman–Crippen MR) is 67.6 cm³/mol. The van der Waals surface area contributed by atoms with Crippen LogP contribution in [0.4, 0.5) is 0 Å². The van der Waals surface area contributed by atoms with Gasteiger partial charge in [0.1, 0.15) is 0 Å². The minimum absolute atomic E-state index is 0.776. The monoisotopic (exact) mass is 237 g/mol. The van der Waals surface area contributed by atoms with Crippen LogP contribution in [0.3, 0.4) is 0 Å². The van der Waals surface area contributed by atoms with Crippen LogP contribution in [-0.2, 0) is 13.1 Å². The van der Waals surface area contributed by atoms with Gasteiger partial charge < -0.3 is 9.84 Å². The molecule has 1 aromatic rings. The fourth-order valence-corrected chi connectivity index (χ4v) is 2.26. The molecule has 1 aliphatic carbocycles. The molecule has 0 radical (unpaired) electrons. The molecule has 1 heterocycles. The molecule has 0 spiro atoms. The van der Waals surface area contributed by atoms with Crippen LogP contribution in [0.1, 0.15) is 37.6 Å². The highest BCUT2D eigenvalue weighted by molar-refractivity contribution is 5.05. The Bertz CT molecular complexity index is 333. The van der Waals surface area contributed by atoms with Crippen molar-refractivity contribution in [1.29, 1.82) is 0 Å². The van der Waals surface area contributed by atoms with Gasteiger partial charge >= 0.3 is 0 Å². The molecule has 96 valence electrons. The number of hydrogen-bond acceptors (Lipinski definition) is 4. The molecule has 1 aromatic heterocycles. The second-order valence-corrected chi connectivity index (χ2v) is 4.94. The van der Waals surface area contributed by atoms with E-state index in [-0.39, 0.29) is 0 Å². The lowest BCUT2D eigenvalue weighted by molar-refractivity contribution is 0.164. The van der Waals surface area contributed by atoms with Gasteiger partial charge in [0.05, 0.1) is 12.2 Å². The van der Waals surface area contributed by atoms with Gasteiger partial charge in [0, 0.05) is 19.2 Å². The first-order valence-electron chi connectivity index (χ1n) is 6.63. The zero-order chi connectivity index (χ0) is 12.1. The molecule has 4 heteroatoms. The van der Waals surface area contributed by atoms with Crippen LogP contribution in [-0.4, -0.2) is 30.2 Å². The van der Waals surface area contributed by atoms with E-state index in [9.17, 15) is 0 Å². The summed E-state index contributed by atoms with van der Waals surface area (Å²) < 4.78 is 5.35. The number of hydrogen-bond donors (Lipinski definition) is 1. The molecule has 2 rings (SSSR count). The Balaban J connectivity index is 1.83. The number of rotatable bonds is 7. The molecule has 1 N–H and O–H groups in total. The van der Waals surface area contributed by atoms with Crippen LogP contribution in [0.15, 0.2) is 10.6 Å². The van der Waals surface area contributed by atoms with Crippen LogP contribution in [0.25, 0.3) is 0 Å². The third-order valence-electron chi connectivity index (χ3n) is 3.53. The molecule has 1 fully saturated rings. The second-order valence-electron chi connectivity index (χ2n) is 4.94. The largest absolute Gasteiger partial charge is 0.360 e. The van der Waals surface area contributed by atoms with E-state index >= 15 is 0 Å². The summed E-state index contributed by atoms with van der Waals surface area (Å²) in [5.41, 5.74) is 0.988. The molecular weight excluding hydrogens is 214 g/mol. The lowest BCUT2D eigenvalue weighted by Gasteiger charge is -2.31. The highest BCUT2D eigenvalue weighted by Gasteiger charge is 2.20. The van der Waals surface area contributed by atoms with Crippen molar-refractivity contribution in [1.82, 2.24) is 15.4 Å².